The molecule has 0 aliphatic rings. The second kappa shape index (κ2) is 5.88. The van der Waals surface area contributed by atoms with Gasteiger partial charge in [0.05, 0.1) is 29.0 Å². The Labute approximate surface area is 134 Å². The fraction of sp³-hybridized carbons (Fsp3) is 0.200. The van der Waals surface area contributed by atoms with Crippen molar-refractivity contribution < 1.29 is 12.9 Å². The topological polar surface area (TPSA) is 90.0 Å². The fourth-order valence-corrected chi connectivity index (χ4v) is 3.26. The molecule has 0 bridgehead atoms. The van der Waals surface area contributed by atoms with Crippen molar-refractivity contribution >= 4 is 15.7 Å². The summed E-state index contributed by atoms with van der Waals surface area (Å²) in [6.45, 7) is 4.15. The molecule has 3 rings (SSSR count). The summed E-state index contributed by atoms with van der Waals surface area (Å²) in [7, 11) is -3.61. The third-order valence-electron chi connectivity index (χ3n) is 3.44. The summed E-state index contributed by atoms with van der Waals surface area (Å²) >= 11 is 0. The standard InChI is InChI=1S/C15H16N4O3S/c1-11-15(12(2)22-17-11)10-19-9-13(8-16-19)18-23(20,21)14-6-4-3-5-7-14/h3-9,18H,10H2,1-2H3. The van der Waals surface area contributed by atoms with Gasteiger partial charge in [-0.1, -0.05) is 23.4 Å². The highest BCUT2D eigenvalue weighted by Gasteiger charge is 2.15. The Morgan fingerprint density at radius 3 is 2.61 bits per heavy atom. The molecule has 0 saturated heterocycles. The lowest BCUT2D eigenvalue weighted by atomic mass is 10.2. The first kappa shape index (κ1) is 15.3. The molecule has 0 unspecified atom stereocenters. The van der Waals surface area contributed by atoms with Gasteiger partial charge in [0.15, 0.2) is 0 Å². The van der Waals surface area contributed by atoms with Crippen molar-refractivity contribution in [2.75, 3.05) is 4.72 Å². The summed E-state index contributed by atoms with van der Waals surface area (Å²) in [6.07, 6.45) is 3.10. The van der Waals surface area contributed by atoms with Gasteiger partial charge in [-0.2, -0.15) is 5.10 Å². The summed E-state index contributed by atoms with van der Waals surface area (Å²) in [4.78, 5) is 0.207. The summed E-state index contributed by atoms with van der Waals surface area (Å²) in [5.41, 5.74) is 2.13. The van der Waals surface area contributed by atoms with Gasteiger partial charge < -0.3 is 4.52 Å². The van der Waals surface area contributed by atoms with Gasteiger partial charge in [-0.05, 0) is 26.0 Å². The second-order valence-electron chi connectivity index (χ2n) is 5.15. The van der Waals surface area contributed by atoms with Crippen LogP contribution in [0.25, 0.3) is 0 Å². The van der Waals surface area contributed by atoms with Crippen LogP contribution in [-0.4, -0.2) is 23.4 Å². The van der Waals surface area contributed by atoms with Crippen LogP contribution in [0.1, 0.15) is 17.0 Å². The number of nitrogens with one attached hydrogen (secondary N) is 1. The molecule has 120 valence electrons. The predicted molar refractivity (Wildman–Crippen MR) is 84.6 cm³/mol. The minimum Gasteiger partial charge on any atom is -0.361 e. The molecule has 3 aromatic rings. The molecule has 8 heteroatoms. The van der Waals surface area contributed by atoms with Gasteiger partial charge >= 0.3 is 0 Å². The molecule has 0 fully saturated rings. The molecule has 0 amide bonds. The van der Waals surface area contributed by atoms with Crippen molar-refractivity contribution in [3.05, 3.63) is 59.7 Å². The van der Waals surface area contributed by atoms with E-state index in [1.165, 1.54) is 18.3 Å². The van der Waals surface area contributed by atoms with Crippen molar-refractivity contribution in [3.63, 3.8) is 0 Å². The van der Waals surface area contributed by atoms with Gasteiger partial charge in [-0.3, -0.25) is 9.40 Å². The van der Waals surface area contributed by atoms with Crippen LogP contribution in [0, 0.1) is 13.8 Å². The van der Waals surface area contributed by atoms with E-state index >= 15 is 0 Å². The van der Waals surface area contributed by atoms with Crippen LogP contribution in [0.15, 0.2) is 52.1 Å². The molecule has 7 nitrogen and oxygen atoms in total. The molecule has 0 radical (unpaired) electrons. The Hall–Kier alpha value is -2.61. The van der Waals surface area contributed by atoms with Crippen molar-refractivity contribution in [2.24, 2.45) is 0 Å². The number of anilines is 1. The molecule has 0 atom stereocenters. The number of hydrogen-bond donors (Lipinski definition) is 1. The first-order valence-corrected chi connectivity index (χ1v) is 8.46. The average molecular weight is 332 g/mol. The summed E-state index contributed by atoms with van der Waals surface area (Å²) < 4.78 is 33.8. The lowest BCUT2D eigenvalue weighted by Crippen LogP contribution is -2.12. The largest absolute Gasteiger partial charge is 0.361 e. The maximum atomic E-state index is 12.3. The first-order valence-electron chi connectivity index (χ1n) is 6.98. The van der Waals surface area contributed by atoms with Gasteiger partial charge in [-0.15, -0.1) is 0 Å². The molecule has 2 heterocycles. The average Bonchev–Trinajstić information content (AvgIpc) is 3.09. The van der Waals surface area contributed by atoms with E-state index in [2.05, 4.69) is 15.0 Å². The number of aromatic nitrogens is 3. The maximum Gasteiger partial charge on any atom is 0.261 e. The van der Waals surface area contributed by atoms with Crippen LogP contribution in [0.3, 0.4) is 0 Å². The van der Waals surface area contributed by atoms with Crippen LogP contribution < -0.4 is 4.72 Å². The zero-order valence-electron chi connectivity index (χ0n) is 12.7. The quantitative estimate of drug-likeness (QED) is 0.774. The maximum absolute atomic E-state index is 12.3. The van der Waals surface area contributed by atoms with Gasteiger partial charge in [0.1, 0.15) is 5.76 Å². The van der Waals surface area contributed by atoms with Crippen LogP contribution in [-0.2, 0) is 16.6 Å². The van der Waals surface area contributed by atoms with E-state index in [1.807, 2.05) is 13.8 Å². The molecular weight excluding hydrogens is 316 g/mol. The lowest BCUT2D eigenvalue weighted by molar-refractivity contribution is 0.391. The molecule has 23 heavy (non-hydrogen) atoms. The minimum atomic E-state index is -3.61. The molecular formula is C15H16N4O3S. The summed E-state index contributed by atoms with van der Waals surface area (Å²) in [6, 6.07) is 8.19. The Bertz CT molecular complexity index is 894. The number of hydrogen-bond acceptors (Lipinski definition) is 5. The van der Waals surface area contributed by atoms with Gasteiger partial charge in [0, 0.05) is 11.8 Å². The number of sulfonamides is 1. The van der Waals surface area contributed by atoms with E-state index in [4.69, 9.17) is 4.52 Å². The highest BCUT2D eigenvalue weighted by atomic mass is 32.2. The zero-order valence-corrected chi connectivity index (χ0v) is 13.5. The summed E-state index contributed by atoms with van der Waals surface area (Å²) in [5.74, 6) is 0.726. The minimum absolute atomic E-state index is 0.207. The van der Waals surface area contributed by atoms with Crippen molar-refractivity contribution in [3.8, 4) is 0 Å². The SMILES string of the molecule is Cc1noc(C)c1Cn1cc(NS(=O)(=O)c2ccccc2)cn1. The van der Waals surface area contributed by atoms with Crippen molar-refractivity contribution in [2.45, 2.75) is 25.3 Å². The first-order chi connectivity index (χ1) is 11.0. The zero-order chi connectivity index (χ0) is 16.4. The van der Waals surface area contributed by atoms with E-state index in [1.54, 1.807) is 29.1 Å². The fourth-order valence-electron chi connectivity index (χ4n) is 2.21. The molecule has 0 aliphatic carbocycles. The Balaban J connectivity index is 1.78. The monoisotopic (exact) mass is 332 g/mol. The Morgan fingerprint density at radius 2 is 1.96 bits per heavy atom. The number of rotatable bonds is 5. The Kier molecular flexibility index (Phi) is 3.91. The molecule has 1 N–H and O–H groups in total. The second-order valence-corrected chi connectivity index (χ2v) is 6.83. The van der Waals surface area contributed by atoms with Crippen LogP contribution in [0.4, 0.5) is 5.69 Å². The van der Waals surface area contributed by atoms with E-state index < -0.39 is 10.0 Å². The smallest absolute Gasteiger partial charge is 0.261 e. The lowest BCUT2D eigenvalue weighted by Gasteiger charge is -2.05. The third kappa shape index (κ3) is 3.26. The molecule has 1 aromatic carbocycles. The number of aryl methyl sites for hydroxylation is 2. The highest BCUT2D eigenvalue weighted by molar-refractivity contribution is 7.92. The highest BCUT2D eigenvalue weighted by Crippen LogP contribution is 2.17. The predicted octanol–water partition coefficient (Wildman–Crippen LogP) is 2.34. The van der Waals surface area contributed by atoms with Crippen LogP contribution in [0.5, 0.6) is 0 Å². The normalized spacial score (nSPS) is 11.6. The van der Waals surface area contributed by atoms with Crippen molar-refractivity contribution in [1.29, 1.82) is 0 Å². The number of benzene rings is 1. The molecule has 0 spiro atoms. The van der Waals surface area contributed by atoms with E-state index in [0.29, 0.717) is 12.2 Å². The van der Waals surface area contributed by atoms with E-state index in [-0.39, 0.29) is 4.90 Å². The van der Waals surface area contributed by atoms with Crippen LogP contribution >= 0.6 is 0 Å². The van der Waals surface area contributed by atoms with Gasteiger partial charge in [-0.25, -0.2) is 8.42 Å². The van der Waals surface area contributed by atoms with Gasteiger partial charge in [0.25, 0.3) is 10.0 Å². The van der Waals surface area contributed by atoms with E-state index in [0.717, 1.165) is 17.0 Å². The van der Waals surface area contributed by atoms with Crippen LogP contribution in [0.2, 0.25) is 0 Å². The summed E-state index contributed by atoms with van der Waals surface area (Å²) in [5, 5.41) is 8.06. The third-order valence-corrected chi connectivity index (χ3v) is 4.84. The molecule has 0 aliphatic heterocycles. The Morgan fingerprint density at radius 1 is 1.22 bits per heavy atom. The van der Waals surface area contributed by atoms with Crippen molar-refractivity contribution in [1.82, 2.24) is 14.9 Å². The molecule has 0 saturated carbocycles. The van der Waals surface area contributed by atoms with Gasteiger partial charge in [0.2, 0.25) is 0 Å². The van der Waals surface area contributed by atoms with E-state index in [9.17, 15) is 8.42 Å². The number of nitrogens with zero attached hydrogens (tertiary/aromatic N) is 3. The molecule has 2 aromatic heterocycles.